The van der Waals surface area contributed by atoms with Crippen LogP contribution in [-0.2, 0) is 28.2 Å². The van der Waals surface area contributed by atoms with Crippen LogP contribution >= 0.6 is 24.5 Å². The third-order valence-corrected chi connectivity index (χ3v) is 4.79. The Hall–Kier alpha value is -2.08. The standard InChI is InChI=1S/C19H18ClF4N3O3S/c1-10(2)28-9-12-16(15-13(20)4-3-5-14(15)21)26-30-17(12)11-8-25-27(6-7-29-31)18(11)19(22,23)24/h3-5,8,10,31H,6-7,9H2,1-2H3. The molecule has 0 aliphatic carbocycles. The fourth-order valence-corrected chi connectivity index (χ4v) is 3.31. The average Bonchev–Trinajstić information content (AvgIpc) is 3.28. The SMILES string of the molecule is CC(C)OCc1c(-c2c(F)cccc2Cl)noc1-c1cnn(CCOS)c1C(F)(F)F. The Morgan fingerprint density at radius 2 is 2.03 bits per heavy atom. The van der Waals surface area contributed by atoms with Crippen LogP contribution in [0.15, 0.2) is 28.9 Å². The summed E-state index contributed by atoms with van der Waals surface area (Å²) in [6, 6.07) is 4.01. The zero-order chi connectivity index (χ0) is 22.8. The molecule has 0 radical (unpaired) electrons. The van der Waals surface area contributed by atoms with Gasteiger partial charge in [0.05, 0.1) is 53.8 Å². The molecule has 3 rings (SSSR count). The minimum absolute atomic E-state index is 0.0308. The van der Waals surface area contributed by atoms with E-state index >= 15 is 0 Å². The van der Waals surface area contributed by atoms with Gasteiger partial charge in [0.15, 0.2) is 11.5 Å². The highest BCUT2D eigenvalue weighted by Gasteiger charge is 2.40. The van der Waals surface area contributed by atoms with E-state index in [0.717, 1.165) is 10.9 Å². The van der Waals surface area contributed by atoms with Gasteiger partial charge in [0.25, 0.3) is 0 Å². The summed E-state index contributed by atoms with van der Waals surface area (Å²) in [6.45, 7) is 3.01. The minimum atomic E-state index is -4.76. The number of rotatable bonds is 8. The Bertz CT molecular complexity index is 1030. The highest BCUT2D eigenvalue weighted by atomic mass is 35.5. The molecule has 0 bridgehead atoms. The van der Waals surface area contributed by atoms with Gasteiger partial charge in [0.1, 0.15) is 11.5 Å². The maximum atomic E-state index is 14.5. The van der Waals surface area contributed by atoms with Gasteiger partial charge in [-0.3, -0.25) is 4.68 Å². The molecule has 0 N–H and O–H groups in total. The summed E-state index contributed by atoms with van der Waals surface area (Å²) < 4.78 is 72.3. The van der Waals surface area contributed by atoms with Crippen LogP contribution in [0.5, 0.6) is 0 Å². The van der Waals surface area contributed by atoms with Crippen LogP contribution in [-0.4, -0.2) is 27.6 Å². The third kappa shape index (κ3) is 5.05. The Morgan fingerprint density at radius 3 is 2.65 bits per heavy atom. The molecule has 0 unspecified atom stereocenters. The van der Waals surface area contributed by atoms with Crippen molar-refractivity contribution in [3.63, 3.8) is 0 Å². The molecule has 6 nitrogen and oxygen atoms in total. The van der Waals surface area contributed by atoms with Crippen LogP contribution in [0.25, 0.3) is 22.6 Å². The lowest BCUT2D eigenvalue weighted by atomic mass is 10.0. The fraction of sp³-hybridized carbons (Fsp3) is 0.368. The number of ether oxygens (including phenoxy) is 1. The zero-order valence-electron chi connectivity index (χ0n) is 16.4. The van der Waals surface area contributed by atoms with E-state index < -0.39 is 17.7 Å². The summed E-state index contributed by atoms with van der Waals surface area (Å²) in [4.78, 5) is 0. The second-order valence-corrected chi connectivity index (χ2v) is 7.42. The summed E-state index contributed by atoms with van der Waals surface area (Å²) >= 11 is 9.68. The minimum Gasteiger partial charge on any atom is -0.374 e. The third-order valence-electron chi connectivity index (χ3n) is 4.30. The topological polar surface area (TPSA) is 62.3 Å². The molecule has 0 spiro atoms. The van der Waals surface area contributed by atoms with E-state index in [2.05, 4.69) is 27.3 Å². The van der Waals surface area contributed by atoms with Gasteiger partial charge in [-0.15, -0.1) is 0 Å². The number of benzene rings is 1. The number of nitrogens with zero attached hydrogens (tertiary/aromatic N) is 3. The quantitative estimate of drug-likeness (QED) is 0.251. The summed E-state index contributed by atoms with van der Waals surface area (Å²) in [5.41, 5.74) is -1.44. The average molecular weight is 480 g/mol. The smallest absolute Gasteiger partial charge is 0.374 e. The zero-order valence-corrected chi connectivity index (χ0v) is 18.1. The predicted octanol–water partition coefficient (Wildman–Crippen LogP) is 5.80. The second kappa shape index (κ2) is 9.60. The first-order chi connectivity index (χ1) is 14.6. The van der Waals surface area contributed by atoms with E-state index in [1.54, 1.807) is 13.8 Å². The maximum absolute atomic E-state index is 14.5. The van der Waals surface area contributed by atoms with Crippen molar-refractivity contribution >= 4 is 24.5 Å². The predicted molar refractivity (Wildman–Crippen MR) is 108 cm³/mol. The van der Waals surface area contributed by atoms with Crippen LogP contribution in [0.1, 0.15) is 25.1 Å². The van der Waals surface area contributed by atoms with Gasteiger partial charge in [-0.2, -0.15) is 18.3 Å². The molecule has 3 aromatic rings. The molecule has 0 aliphatic heterocycles. The van der Waals surface area contributed by atoms with Crippen LogP contribution in [0, 0.1) is 5.82 Å². The van der Waals surface area contributed by atoms with Crippen LogP contribution in [0.4, 0.5) is 17.6 Å². The van der Waals surface area contributed by atoms with Gasteiger partial charge in [0, 0.05) is 0 Å². The summed E-state index contributed by atoms with van der Waals surface area (Å²) in [5.74, 6) is -0.934. The van der Waals surface area contributed by atoms with Gasteiger partial charge in [-0.25, -0.2) is 4.39 Å². The van der Waals surface area contributed by atoms with Gasteiger partial charge in [-0.1, -0.05) is 22.8 Å². The van der Waals surface area contributed by atoms with E-state index in [1.165, 1.54) is 18.2 Å². The largest absolute Gasteiger partial charge is 0.433 e. The monoisotopic (exact) mass is 479 g/mol. The molecule has 2 heterocycles. The Labute approximate surface area is 185 Å². The van der Waals surface area contributed by atoms with Crippen molar-refractivity contribution in [3.8, 4) is 22.6 Å². The summed E-state index contributed by atoms with van der Waals surface area (Å²) in [6.07, 6.45) is -4.02. The normalized spacial score (nSPS) is 12.2. The Kier molecular flexibility index (Phi) is 7.30. The van der Waals surface area contributed by atoms with Crippen molar-refractivity contribution in [1.82, 2.24) is 14.9 Å². The van der Waals surface area contributed by atoms with Gasteiger partial charge < -0.3 is 13.4 Å². The molecule has 0 aliphatic rings. The van der Waals surface area contributed by atoms with Crippen molar-refractivity contribution in [1.29, 1.82) is 0 Å². The highest BCUT2D eigenvalue weighted by Crippen LogP contribution is 2.42. The van der Waals surface area contributed by atoms with Crippen LogP contribution in [0.2, 0.25) is 5.02 Å². The van der Waals surface area contributed by atoms with Crippen LogP contribution in [0.3, 0.4) is 0 Å². The number of hydrogen-bond donors (Lipinski definition) is 1. The molecule has 12 heteroatoms. The van der Waals surface area contributed by atoms with Crippen molar-refractivity contribution in [2.45, 2.75) is 39.3 Å². The van der Waals surface area contributed by atoms with E-state index in [0.29, 0.717) is 0 Å². The Morgan fingerprint density at radius 1 is 1.29 bits per heavy atom. The lowest BCUT2D eigenvalue weighted by Gasteiger charge is -2.13. The first-order valence-electron chi connectivity index (χ1n) is 9.09. The molecule has 1 aromatic carbocycles. The maximum Gasteiger partial charge on any atom is 0.433 e. The van der Waals surface area contributed by atoms with E-state index in [-0.39, 0.29) is 59.0 Å². The molecular formula is C19H18ClF4N3O3S. The molecular weight excluding hydrogens is 462 g/mol. The van der Waals surface area contributed by atoms with Gasteiger partial charge in [0.2, 0.25) is 0 Å². The van der Waals surface area contributed by atoms with Crippen molar-refractivity contribution in [2.24, 2.45) is 0 Å². The first kappa shape index (κ1) is 23.6. The number of thiol groups is 1. The van der Waals surface area contributed by atoms with E-state index in [1.807, 2.05) is 0 Å². The molecule has 0 amide bonds. The van der Waals surface area contributed by atoms with Gasteiger partial charge >= 0.3 is 6.18 Å². The van der Waals surface area contributed by atoms with Crippen LogP contribution < -0.4 is 0 Å². The molecule has 0 atom stereocenters. The number of hydrogen-bond acceptors (Lipinski definition) is 6. The summed E-state index contributed by atoms with van der Waals surface area (Å²) in [7, 11) is 0. The summed E-state index contributed by atoms with van der Waals surface area (Å²) in [5, 5.41) is 7.67. The fourth-order valence-electron chi connectivity index (χ4n) is 2.97. The number of aromatic nitrogens is 3. The highest BCUT2D eigenvalue weighted by molar-refractivity contribution is 7.75. The number of halogens is 5. The van der Waals surface area contributed by atoms with Crippen molar-refractivity contribution in [2.75, 3.05) is 6.61 Å². The lowest BCUT2D eigenvalue weighted by Crippen LogP contribution is -2.17. The first-order valence-corrected chi connectivity index (χ1v) is 9.83. The van der Waals surface area contributed by atoms with E-state index in [4.69, 9.17) is 20.9 Å². The molecule has 31 heavy (non-hydrogen) atoms. The molecule has 0 saturated heterocycles. The van der Waals surface area contributed by atoms with Crippen molar-refractivity contribution < 1.29 is 31.0 Å². The van der Waals surface area contributed by atoms with Gasteiger partial charge in [-0.05, 0) is 38.9 Å². The molecule has 0 saturated carbocycles. The Balaban J connectivity index is 2.21. The lowest BCUT2D eigenvalue weighted by molar-refractivity contribution is -0.143. The van der Waals surface area contributed by atoms with E-state index in [9.17, 15) is 17.6 Å². The molecule has 0 fully saturated rings. The second-order valence-electron chi connectivity index (χ2n) is 6.76. The number of alkyl halides is 3. The molecule has 168 valence electrons. The molecule has 2 aromatic heterocycles. The van der Waals surface area contributed by atoms with Crippen molar-refractivity contribution in [3.05, 3.63) is 46.5 Å².